The zero-order valence-electron chi connectivity index (χ0n) is 14.7. The van der Waals surface area contributed by atoms with Gasteiger partial charge >= 0.3 is 0 Å². The number of nitrogens with zero attached hydrogens (tertiary/aromatic N) is 4. The van der Waals surface area contributed by atoms with Crippen LogP contribution >= 0.6 is 11.6 Å². The van der Waals surface area contributed by atoms with Gasteiger partial charge in [-0.05, 0) is 30.5 Å². The van der Waals surface area contributed by atoms with E-state index in [1.54, 1.807) is 17.3 Å². The Morgan fingerprint density at radius 3 is 2.81 bits per heavy atom. The number of aromatic nitrogens is 3. The zero-order valence-corrected chi connectivity index (χ0v) is 15.5. The molecule has 1 saturated heterocycles. The fourth-order valence-corrected chi connectivity index (χ4v) is 3.46. The van der Waals surface area contributed by atoms with Gasteiger partial charge in [-0.2, -0.15) is 0 Å². The highest BCUT2D eigenvalue weighted by molar-refractivity contribution is 6.30. The summed E-state index contributed by atoms with van der Waals surface area (Å²) in [6.45, 7) is 1.29. The molecule has 7 heteroatoms. The van der Waals surface area contributed by atoms with Gasteiger partial charge in [-0.25, -0.2) is 9.97 Å². The molecular formula is C20H19ClN4O2. The predicted molar refractivity (Wildman–Crippen MR) is 101 cm³/mol. The lowest BCUT2D eigenvalue weighted by molar-refractivity contribution is 0.0691. The number of benzene rings is 1. The second kappa shape index (κ2) is 7.88. The molecule has 27 heavy (non-hydrogen) atoms. The van der Waals surface area contributed by atoms with Crippen LogP contribution in [0, 0.1) is 0 Å². The molecule has 0 bridgehead atoms. The first-order valence-corrected chi connectivity index (χ1v) is 9.31. The van der Waals surface area contributed by atoms with Crippen molar-refractivity contribution in [1.29, 1.82) is 0 Å². The smallest absolute Gasteiger partial charge is 0.274 e. The zero-order chi connectivity index (χ0) is 18.6. The van der Waals surface area contributed by atoms with Crippen molar-refractivity contribution in [2.45, 2.75) is 25.2 Å². The molecule has 1 aromatic carbocycles. The van der Waals surface area contributed by atoms with Crippen LogP contribution in [0.1, 0.15) is 46.5 Å². The van der Waals surface area contributed by atoms with Gasteiger partial charge in [0.25, 0.3) is 5.91 Å². The van der Waals surface area contributed by atoms with Crippen molar-refractivity contribution >= 4 is 17.5 Å². The van der Waals surface area contributed by atoms with Gasteiger partial charge in [-0.15, -0.1) is 0 Å². The number of likely N-dealkylation sites (tertiary alicyclic amines) is 1. The Kier molecular flexibility index (Phi) is 5.16. The SMILES string of the molecule is O=C(c1cnccn1)N1CCC[C@H](c2ncc(Cc3ccc(Cl)cc3)o2)C1. The number of piperidine rings is 1. The van der Waals surface area contributed by atoms with Gasteiger partial charge in [0, 0.05) is 36.9 Å². The lowest BCUT2D eigenvalue weighted by atomic mass is 9.98. The first-order chi connectivity index (χ1) is 13.2. The number of carbonyl (C=O) groups is 1. The van der Waals surface area contributed by atoms with Gasteiger partial charge < -0.3 is 9.32 Å². The molecular weight excluding hydrogens is 364 g/mol. The van der Waals surface area contributed by atoms with Gasteiger partial charge in [0.1, 0.15) is 11.5 Å². The van der Waals surface area contributed by atoms with E-state index < -0.39 is 0 Å². The van der Waals surface area contributed by atoms with E-state index in [1.807, 2.05) is 24.3 Å². The van der Waals surface area contributed by atoms with Crippen LogP contribution in [0.4, 0.5) is 0 Å². The molecule has 0 spiro atoms. The number of hydrogen-bond acceptors (Lipinski definition) is 5. The number of oxazole rings is 1. The minimum atomic E-state index is -0.0965. The van der Waals surface area contributed by atoms with Gasteiger partial charge in [0.15, 0.2) is 5.89 Å². The number of amides is 1. The molecule has 0 radical (unpaired) electrons. The minimum absolute atomic E-state index is 0.0957. The Balaban J connectivity index is 1.43. The molecule has 0 N–H and O–H groups in total. The quantitative estimate of drug-likeness (QED) is 0.687. The third kappa shape index (κ3) is 4.17. The Morgan fingerprint density at radius 1 is 1.19 bits per heavy atom. The summed E-state index contributed by atoms with van der Waals surface area (Å²) in [6.07, 6.45) is 8.89. The Bertz CT molecular complexity index is 911. The van der Waals surface area contributed by atoms with Crippen LogP contribution in [-0.4, -0.2) is 38.8 Å². The Morgan fingerprint density at radius 2 is 2.04 bits per heavy atom. The second-order valence-corrected chi connectivity index (χ2v) is 7.09. The third-order valence-electron chi connectivity index (χ3n) is 4.70. The van der Waals surface area contributed by atoms with E-state index in [4.69, 9.17) is 16.0 Å². The Hall–Kier alpha value is -2.73. The highest BCUT2D eigenvalue weighted by atomic mass is 35.5. The standard InChI is InChI=1S/C20H19ClN4O2/c21-16-5-3-14(4-6-16)10-17-11-24-19(27-17)15-2-1-9-25(13-15)20(26)18-12-22-7-8-23-18/h3-8,11-12,15H,1-2,9-10,13H2/t15-/m0/s1. The van der Waals surface area contributed by atoms with Crippen molar-refractivity contribution in [2.24, 2.45) is 0 Å². The largest absolute Gasteiger partial charge is 0.445 e. The molecule has 1 fully saturated rings. The number of hydrogen-bond donors (Lipinski definition) is 0. The summed E-state index contributed by atoms with van der Waals surface area (Å²) >= 11 is 5.93. The fourth-order valence-electron chi connectivity index (χ4n) is 3.33. The topological polar surface area (TPSA) is 72.1 Å². The molecule has 0 unspecified atom stereocenters. The monoisotopic (exact) mass is 382 g/mol. The summed E-state index contributed by atoms with van der Waals surface area (Å²) in [5.74, 6) is 1.50. The maximum Gasteiger partial charge on any atom is 0.274 e. The molecule has 0 saturated carbocycles. The van der Waals surface area contributed by atoms with Gasteiger partial charge in [-0.3, -0.25) is 9.78 Å². The van der Waals surface area contributed by atoms with Crippen molar-refractivity contribution in [3.63, 3.8) is 0 Å². The second-order valence-electron chi connectivity index (χ2n) is 6.65. The summed E-state index contributed by atoms with van der Waals surface area (Å²) in [4.78, 5) is 27.0. The molecule has 1 aliphatic rings. The Labute approximate surface area is 162 Å². The number of rotatable bonds is 4. The molecule has 6 nitrogen and oxygen atoms in total. The van der Waals surface area contributed by atoms with Crippen molar-refractivity contribution in [3.8, 4) is 0 Å². The normalized spacial score (nSPS) is 17.1. The molecule has 3 heterocycles. The van der Waals surface area contributed by atoms with Crippen LogP contribution in [0.5, 0.6) is 0 Å². The van der Waals surface area contributed by atoms with Crippen molar-refractivity contribution in [1.82, 2.24) is 19.9 Å². The fraction of sp³-hybridized carbons (Fsp3) is 0.300. The molecule has 1 atom stereocenters. The van der Waals surface area contributed by atoms with E-state index in [0.29, 0.717) is 36.1 Å². The first-order valence-electron chi connectivity index (χ1n) is 8.93. The summed E-state index contributed by atoms with van der Waals surface area (Å²) in [5, 5.41) is 0.715. The third-order valence-corrected chi connectivity index (χ3v) is 4.96. The van der Waals surface area contributed by atoms with E-state index in [9.17, 15) is 4.79 Å². The van der Waals surface area contributed by atoms with Crippen molar-refractivity contribution in [2.75, 3.05) is 13.1 Å². The number of carbonyl (C=O) groups excluding carboxylic acids is 1. The van der Waals surface area contributed by atoms with Gasteiger partial charge in [-0.1, -0.05) is 23.7 Å². The lowest BCUT2D eigenvalue weighted by Gasteiger charge is -2.30. The van der Waals surface area contributed by atoms with E-state index in [1.165, 1.54) is 12.4 Å². The minimum Gasteiger partial charge on any atom is -0.445 e. The predicted octanol–water partition coefficient (Wildman–Crippen LogP) is 3.73. The molecule has 2 aromatic heterocycles. The van der Waals surface area contributed by atoms with Crippen molar-refractivity contribution in [3.05, 3.63) is 77.0 Å². The van der Waals surface area contributed by atoms with E-state index >= 15 is 0 Å². The molecule has 138 valence electrons. The van der Waals surface area contributed by atoms with Crippen LogP contribution in [0.3, 0.4) is 0 Å². The maximum absolute atomic E-state index is 12.6. The van der Waals surface area contributed by atoms with Crippen molar-refractivity contribution < 1.29 is 9.21 Å². The number of halogens is 1. The van der Waals surface area contributed by atoms with E-state index in [-0.39, 0.29) is 11.8 Å². The van der Waals surface area contributed by atoms with E-state index in [2.05, 4.69) is 15.0 Å². The summed E-state index contributed by atoms with van der Waals surface area (Å²) < 4.78 is 5.98. The van der Waals surface area contributed by atoms with Crippen LogP contribution in [-0.2, 0) is 6.42 Å². The molecule has 3 aromatic rings. The first kappa shape index (κ1) is 17.7. The maximum atomic E-state index is 12.6. The van der Waals surface area contributed by atoms with Crippen LogP contribution in [0.15, 0.2) is 53.5 Å². The molecule has 4 rings (SSSR count). The summed E-state index contributed by atoms with van der Waals surface area (Å²) in [6, 6.07) is 7.69. The van der Waals surface area contributed by atoms with Crippen LogP contribution in [0.25, 0.3) is 0 Å². The molecule has 1 aliphatic heterocycles. The average molecular weight is 383 g/mol. The average Bonchev–Trinajstić information content (AvgIpc) is 3.18. The molecule has 1 amide bonds. The van der Waals surface area contributed by atoms with Crippen LogP contribution in [0.2, 0.25) is 5.02 Å². The summed E-state index contributed by atoms with van der Waals surface area (Å²) in [7, 11) is 0. The van der Waals surface area contributed by atoms with E-state index in [0.717, 1.165) is 24.2 Å². The highest BCUT2D eigenvalue weighted by Crippen LogP contribution is 2.28. The van der Waals surface area contributed by atoms with Gasteiger partial charge in [0.05, 0.1) is 18.3 Å². The molecule has 0 aliphatic carbocycles. The summed E-state index contributed by atoms with van der Waals surface area (Å²) in [5.41, 5.74) is 1.49. The van der Waals surface area contributed by atoms with Crippen LogP contribution < -0.4 is 0 Å². The lowest BCUT2D eigenvalue weighted by Crippen LogP contribution is -2.39. The van der Waals surface area contributed by atoms with Gasteiger partial charge in [0.2, 0.25) is 0 Å². The highest BCUT2D eigenvalue weighted by Gasteiger charge is 2.29.